The van der Waals surface area contributed by atoms with E-state index in [2.05, 4.69) is 0 Å². The smallest absolute Gasteiger partial charge is 0.240 e. The number of amides is 1. The summed E-state index contributed by atoms with van der Waals surface area (Å²) in [5.74, 6) is -0.308. The fraction of sp³-hybridized carbons (Fsp3) is 0.909. The first-order chi connectivity index (χ1) is 7.86. The van der Waals surface area contributed by atoms with Crippen molar-refractivity contribution in [2.24, 2.45) is 0 Å². The Kier molecular flexibility index (Phi) is 4.94. The molecule has 0 N–H and O–H groups in total. The molecule has 17 heavy (non-hydrogen) atoms. The van der Waals surface area contributed by atoms with E-state index < -0.39 is 15.1 Å². The van der Waals surface area contributed by atoms with E-state index in [4.69, 9.17) is 4.74 Å². The molecule has 1 heterocycles. The van der Waals surface area contributed by atoms with Gasteiger partial charge in [-0.05, 0) is 26.7 Å². The molecular formula is C11H21NO4S. The summed E-state index contributed by atoms with van der Waals surface area (Å²) >= 11 is 0. The number of piperidine rings is 1. The minimum absolute atomic E-state index is 0.0458. The highest BCUT2D eigenvalue weighted by Crippen LogP contribution is 2.15. The van der Waals surface area contributed by atoms with Crippen molar-refractivity contribution in [3.8, 4) is 0 Å². The van der Waals surface area contributed by atoms with Gasteiger partial charge >= 0.3 is 0 Å². The predicted molar refractivity (Wildman–Crippen MR) is 65.5 cm³/mol. The summed E-state index contributed by atoms with van der Waals surface area (Å²) in [6.07, 6.45) is 2.95. The Morgan fingerprint density at radius 2 is 2.18 bits per heavy atom. The lowest BCUT2D eigenvalue weighted by atomic mass is 10.1. The van der Waals surface area contributed by atoms with Gasteiger partial charge in [0.15, 0.2) is 9.84 Å². The number of likely N-dealkylation sites (tertiary alicyclic amines) is 1. The van der Waals surface area contributed by atoms with E-state index in [0.717, 1.165) is 19.1 Å². The van der Waals surface area contributed by atoms with Crippen molar-refractivity contribution in [2.45, 2.75) is 38.0 Å². The van der Waals surface area contributed by atoms with Gasteiger partial charge in [0.05, 0.1) is 6.10 Å². The summed E-state index contributed by atoms with van der Waals surface area (Å²) in [7, 11) is -3.31. The fourth-order valence-electron chi connectivity index (χ4n) is 1.95. The second kappa shape index (κ2) is 5.82. The van der Waals surface area contributed by atoms with Gasteiger partial charge in [-0.25, -0.2) is 8.42 Å². The minimum Gasteiger partial charge on any atom is -0.377 e. The van der Waals surface area contributed by atoms with Crippen molar-refractivity contribution in [1.82, 2.24) is 4.90 Å². The average Bonchev–Trinajstić information content (AvgIpc) is 2.27. The van der Waals surface area contributed by atoms with Crippen molar-refractivity contribution in [2.75, 3.05) is 26.0 Å². The van der Waals surface area contributed by atoms with Crippen LogP contribution in [0.25, 0.3) is 0 Å². The van der Waals surface area contributed by atoms with Crippen LogP contribution >= 0.6 is 0 Å². The Labute approximate surface area is 103 Å². The largest absolute Gasteiger partial charge is 0.377 e. The molecule has 1 amide bonds. The molecule has 0 spiro atoms. The maximum Gasteiger partial charge on any atom is 0.240 e. The normalized spacial score (nSPS) is 23.5. The molecule has 6 heteroatoms. The summed E-state index contributed by atoms with van der Waals surface area (Å²) in [4.78, 5) is 13.6. The first-order valence-electron chi connectivity index (χ1n) is 5.95. The third-order valence-electron chi connectivity index (χ3n) is 3.08. The minimum atomic E-state index is -3.31. The lowest BCUT2D eigenvalue weighted by molar-refractivity contribution is -0.134. The molecule has 0 saturated carbocycles. The zero-order valence-corrected chi connectivity index (χ0v) is 11.5. The van der Waals surface area contributed by atoms with Crippen molar-refractivity contribution >= 4 is 15.7 Å². The molecule has 0 unspecified atom stereocenters. The van der Waals surface area contributed by atoms with Crippen LogP contribution < -0.4 is 0 Å². The number of nitrogens with zero attached hydrogens (tertiary/aromatic N) is 1. The van der Waals surface area contributed by atoms with E-state index in [9.17, 15) is 13.2 Å². The second-order valence-electron chi connectivity index (χ2n) is 4.48. The Hall–Kier alpha value is -0.620. The van der Waals surface area contributed by atoms with Crippen molar-refractivity contribution in [1.29, 1.82) is 0 Å². The van der Waals surface area contributed by atoms with Gasteiger partial charge in [0, 0.05) is 26.0 Å². The van der Waals surface area contributed by atoms with Crippen LogP contribution in [0.1, 0.15) is 26.7 Å². The Morgan fingerprint density at radius 1 is 1.53 bits per heavy atom. The third kappa shape index (κ3) is 3.96. The number of ether oxygens (including phenoxy) is 1. The Morgan fingerprint density at radius 3 is 2.71 bits per heavy atom. The van der Waals surface area contributed by atoms with Gasteiger partial charge < -0.3 is 9.64 Å². The maximum atomic E-state index is 12.0. The topological polar surface area (TPSA) is 63.7 Å². The summed E-state index contributed by atoms with van der Waals surface area (Å²) in [6, 6.07) is 0. The lowest BCUT2D eigenvalue weighted by Gasteiger charge is -2.33. The zero-order chi connectivity index (χ0) is 13.1. The monoisotopic (exact) mass is 263 g/mol. The number of hydrogen-bond acceptors (Lipinski definition) is 4. The first-order valence-corrected chi connectivity index (χ1v) is 7.91. The first kappa shape index (κ1) is 14.4. The molecule has 1 fully saturated rings. The van der Waals surface area contributed by atoms with Crippen molar-refractivity contribution in [3.05, 3.63) is 0 Å². The third-order valence-corrected chi connectivity index (χ3v) is 4.57. The Balaban J connectivity index is 2.63. The number of hydrogen-bond donors (Lipinski definition) is 0. The number of carbonyl (C=O) groups is 1. The average molecular weight is 263 g/mol. The van der Waals surface area contributed by atoms with Gasteiger partial charge in [0.2, 0.25) is 5.91 Å². The number of sulfone groups is 1. The standard InChI is InChI=1S/C11H21NO4S/c1-4-16-10-6-5-7-12(8-10)11(13)9(2)17(3,14)15/h9-10H,4-8H2,1-3H3/t9-,10-/m1/s1. The van der Waals surface area contributed by atoms with Crippen LogP contribution in [0.4, 0.5) is 0 Å². The summed E-state index contributed by atoms with van der Waals surface area (Å²) in [5, 5.41) is -0.956. The van der Waals surface area contributed by atoms with E-state index in [-0.39, 0.29) is 12.0 Å². The highest BCUT2D eigenvalue weighted by Gasteiger charge is 2.31. The highest BCUT2D eigenvalue weighted by atomic mass is 32.2. The van der Waals surface area contributed by atoms with E-state index in [0.29, 0.717) is 19.7 Å². The van der Waals surface area contributed by atoms with Crippen molar-refractivity contribution < 1.29 is 17.9 Å². The summed E-state index contributed by atoms with van der Waals surface area (Å²) in [5.41, 5.74) is 0. The highest BCUT2D eigenvalue weighted by molar-refractivity contribution is 7.92. The molecule has 2 atom stereocenters. The van der Waals surface area contributed by atoms with Gasteiger partial charge in [-0.1, -0.05) is 0 Å². The van der Waals surface area contributed by atoms with Crippen LogP contribution in [0.3, 0.4) is 0 Å². The van der Waals surface area contributed by atoms with Gasteiger partial charge in [-0.2, -0.15) is 0 Å². The molecule has 0 aromatic rings. The van der Waals surface area contributed by atoms with Gasteiger partial charge in [0.25, 0.3) is 0 Å². The molecule has 1 rings (SSSR count). The summed E-state index contributed by atoms with van der Waals surface area (Å²) < 4.78 is 28.2. The molecular weight excluding hydrogens is 242 g/mol. The lowest BCUT2D eigenvalue weighted by Crippen LogP contribution is -2.48. The molecule has 1 aliphatic heterocycles. The Bertz CT molecular complexity index is 364. The molecule has 0 aliphatic carbocycles. The molecule has 0 aromatic heterocycles. The SMILES string of the molecule is CCO[C@@H]1CCCN(C(=O)[C@@H](C)S(C)(=O)=O)C1. The van der Waals surface area contributed by atoms with Crippen LogP contribution in [0, 0.1) is 0 Å². The van der Waals surface area contributed by atoms with Crippen LogP contribution in [0.5, 0.6) is 0 Å². The summed E-state index contributed by atoms with van der Waals surface area (Å²) in [6.45, 7) is 5.12. The quantitative estimate of drug-likeness (QED) is 0.738. The van der Waals surface area contributed by atoms with E-state index in [1.54, 1.807) is 4.90 Å². The molecule has 5 nitrogen and oxygen atoms in total. The predicted octanol–water partition coefficient (Wildman–Crippen LogP) is 0.447. The second-order valence-corrected chi connectivity index (χ2v) is 6.84. The molecule has 100 valence electrons. The van der Waals surface area contributed by atoms with Gasteiger partial charge in [-0.3, -0.25) is 4.79 Å². The van der Waals surface area contributed by atoms with Crippen LogP contribution in [-0.4, -0.2) is 56.5 Å². The molecule has 1 saturated heterocycles. The number of rotatable bonds is 4. The molecule has 1 aliphatic rings. The molecule has 0 radical (unpaired) electrons. The number of carbonyl (C=O) groups excluding carboxylic acids is 1. The van der Waals surface area contributed by atoms with Crippen LogP contribution in [-0.2, 0) is 19.4 Å². The maximum absolute atomic E-state index is 12.0. The van der Waals surface area contributed by atoms with Crippen LogP contribution in [0.15, 0.2) is 0 Å². The van der Waals surface area contributed by atoms with Crippen LogP contribution in [0.2, 0.25) is 0 Å². The van der Waals surface area contributed by atoms with E-state index in [1.165, 1.54) is 6.92 Å². The molecule has 0 aromatic carbocycles. The van der Waals surface area contributed by atoms with E-state index >= 15 is 0 Å². The van der Waals surface area contributed by atoms with Gasteiger partial charge in [0.1, 0.15) is 5.25 Å². The van der Waals surface area contributed by atoms with Gasteiger partial charge in [-0.15, -0.1) is 0 Å². The molecule has 0 bridgehead atoms. The zero-order valence-electron chi connectivity index (χ0n) is 10.7. The van der Waals surface area contributed by atoms with Crippen molar-refractivity contribution in [3.63, 3.8) is 0 Å². The fourth-order valence-corrected chi connectivity index (χ4v) is 2.47. The van der Waals surface area contributed by atoms with E-state index in [1.807, 2.05) is 6.92 Å².